The molecule has 136 valence electrons. The van der Waals surface area contributed by atoms with E-state index in [4.69, 9.17) is 4.74 Å². The van der Waals surface area contributed by atoms with Crippen molar-refractivity contribution in [2.45, 2.75) is 12.2 Å². The van der Waals surface area contributed by atoms with Gasteiger partial charge in [0.2, 0.25) is 0 Å². The van der Waals surface area contributed by atoms with Crippen molar-refractivity contribution in [2.24, 2.45) is 0 Å². The van der Waals surface area contributed by atoms with Crippen molar-refractivity contribution in [1.82, 2.24) is 8.61 Å². The minimum absolute atomic E-state index is 0.151. The fourth-order valence-electron chi connectivity index (χ4n) is 2.41. The molecule has 1 aliphatic heterocycles. The van der Waals surface area contributed by atoms with Crippen LogP contribution in [0.25, 0.3) is 0 Å². The lowest BCUT2D eigenvalue weighted by Crippen LogP contribution is -2.48. The van der Waals surface area contributed by atoms with Gasteiger partial charge in [0, 0.05) is 20.1 Å². The zero-order valence-electron chi connectivity index (χ0n) is 13.0. The maximum Gasteiger partial charge on any atom is 0.416 e. The number of morpholine rings is 1. The lowest BCUT2D eigenvalue weighted by Gasteiger charge is -2.33. The summed E-state index contributed by atoms with van der Waals surface area (Å²) in [5, 5.41) is 0. The number of alkyl halides is 4. The number of rotatable bonds is 5. The molecule has 0 aliphatic carbocycles. The van der Waals surface area contributed by atoms with Gasteiger partial charge in [0.05, 0.1) is 24.8 Å². The monoisotopic (exact) mass is 370 g/mol. The molecule has 1 aromatic carbocycles. The van der Waals surface area contributed by atoms with Crippen LogP contribution in [0, 0.1) is 0 Å². The van der Waals surface area contributed by atoms with E-state index < -0.39 is 34.7 Å². The molecule has 0 radical (unpaired) electrons. The molecule has 0 aromatic heterocycles. The van der Waals surface area contributed by atoms with Crippen molar-refractivity contribution < 1.29 is 30.7 Å². The van der Waals surface area contributed by atoms with Crippen LogP contribution in [0.1, 0.15) is 17.2 Å². The van der Waals surface area contributed by atoms with Crippen molar-refractivity contribution in [3.63, 3.8) is 0 Å². The van der Waals surface area contributed by atoms with E-state index in [1.54, 1.807) is 0 Å². The zero-order valence-corrected chi connectivity index (χ0v) is 13.8. The number of nitrogens with zero attached hydrogens (tertiary/aromatic N) is 2. The topological polar surface area (TPSA) is 49.9 Å². The average molecular weight is 370 g/mol. The molecule has 10 heteroatoms. The average Bonchev–Trinajstić information content (AvgIpc) is 2.56. The summed E-state index contributed by atoms with van der Waals surface area (Å²) in [5.41, 5.74) is -0.715. The molecule has 1 saturated heterocycles. The second-order valence-electron chi connectivity index (χ2n) is 5.33. The first-order valence-electron chi connectivity index (χ1n) is 7.22. The number of benzene rings is 1. The van der Waals surface area contributed by atoms with Gasteiger partial charge in [0.1, 0.15) is 6.67 Å². The fraction of sp³-hybridized carbons (Fsp3) is 0.571. The van der Waals surface area contributed by atoms with Crippen molar-refractivity contribution in [1.29, 1.82) is 0 Å². The van der Waals surface area contributed by atoms with Crippen LogP contribution in [0.15, 0.2) is 24.3 Å². The van der Waals surface area contributed by atoms with E-state index in [-0.39, 0.29) is 31.9 Å². The molecule has 0 saturated carbocycles. The minimum atomic E-state index is -4.50. The van der Waals surface area contributed by atoms with Crippen LogP contribution < -0.4 is 0 Å². The van der Waals surface area contributed by atoms with Crippen molar-refractivity contribution in [2.75, 3.05) is 40.0 Å². The van der Waals surface area contributed by atoms with E-state index in [2.05, 4.69) is 0 Å². The van der Waals surface area contributed by atoms with Gasteiger partial charge < -0.3 is 4.74 Å². The van der Waals surface area contributed by atoms with Gasteiger partial charge in [-0.25, -0.2) is 4.39 Å². The third-order valence-electron chi connectivity index (χ3n) is 3.87. The Morgan fingerprint density at radius 1 is 1.21 bits per heavy atom. The van der Waals surface area contributed by atoms with Gasteiger partial charge in [-0.15, -0.1) is 0 Å². The second kappa shape index (κ2) is 7.34. The predicted octanol–water partition coefficient (Wildman–Crippen LogP) is 2.22. The summed E-state index contributed by atoms with van der Waals surface area (Å²) in [6.07, 6.45) is -4.50. The molecule has 1 aromatic rings. The van der Waals surface area contributed by atoms with E-state index in [0.29, 0.717) is 0 Å². The fourth-order valence-corrected chi connectivity index (χ4v) is 3.89. The molecule has 0 bridgehead atoms. The highest BCUT2D eigenvalue weighted by Gasteiger charge is 2.35. The molecule has 0 unspecified atom stereocenters. The molecule has 2 rings (SSSR count). The Kier molecular flexibility index (Phi) is 5.84. The highest BCUT2D eigenvalue weighted by molar-refractivity contribution is 7.86. The summed E-state index contributed by atoms with van der Waals surface area (Å²) in [4.78, 5) is 0. The van der Waals surface area contributed by atoms with Crippen LogP contribution in [0.4, 0.5) is 17.6 Å². The van der Waals surface area contributed by atoms with Crippen LogP contribution >= 0.6 is 0 Å². The van der Waals surface area contributed by atoms with Crippen LogP contribution in [0.3, 0.4) is 0 Å². The minimum Gasteiger partial charge on any atom is -0.379 e. The SMILES string of the molecule is CN([C@@H](CF)c1ccc(C(F)(F)F)cc1)S(=O)(=O)N1CCOCC1. The summed E-state index contributed by atoms with van der Waals surface area (Å²) in [6, 6.07) is 2.62. The number of halogens is 4. The first-order chi connectivity index (χ1) is 11.2. The lowest BCUT2D eigenvalue weighted by atomic mass is 10.1. The Labute approximate surface area is 138 Å². The molecule has 1 heterocycles. The quantitative estimate of drug-likeness (QED) is 0.747. The van der Waals surface area contributed by atoms with Crippen LogP contribution in [-0.2, 0) is 21.1 Å². The van der Waals surface area contributed by atoms with Gasteiger partial charge in [-0.3, -0.25) is 0 Å². The predicted molar refractivity (Wildman–Crippen MR) is 79.2 cm³/mol. The standard InChI is InChI=1S/C14H18F4N2O3S/c1-19(24(21,22)20-6-8-23-9-7-20)13(10-15)11-2-4-12(5-3-11)14(16,17)18/h2-5,13H,6-10H2,1H3/t13-/m0/s1. The van der Waals surface area contributed by atoms with E-state index in [1.807, 2.05) is 0 Å². The van der Waals surface area contributed by atoms with E-state index in [9.17, 15) is 26.0 Å². The molecule has 0 spiro atoms. The van der Waals surface area contributed by atoms with Gasteiger partial charge in [-0.1, -0.05) is 12.1 Å². The summed E-state index contributed by atoms with van der Waals surface area (Å²) < 4.78 is 83.4. The van der Waals surface area contributed by atoms with Gasteiger partial charge in [0.15, 0.2) is 0 Å². The smallest absolute Gasteiger partial charge is 0.379 e. The Morgan fingerprint density at radius 2 is 1.75 bits per heavy atom. The summed E-state index contributed by atoms with van der Waals surface area (Å²) in [5.74, 6) is 0. The molecule has 24 heavy (non-hydrogen) atoms. The highest BCUT2D eigenvalue weighted by Crippen LogP contribution is 2.31. The van der Waals surface area contributed by atoms with Crippen LogP contribution in [-0.4, -0.2) is 57.1 Å². The van der Waals surface area contributed by atoms with Gasteiger partial charge in [-0.2, -0.15) is 30.2 Å². The Hall–Kier alpha value is -1.23. The first-order valence-corrected chi connectivity index (χ1v) is 8.61. The van der Waals surface area contributed by atoms with Crippen molar-refractivity contribution in [3.05, 3.63) is 35.4 Å². The number of ether oxygens (including phenoxy) is 1. The van der Waals surface area contributed by atoms with Gasteiger partial charge >= 0.3 is 6.18 Å². The Balaban J connectivity index is 2.23. The normalized spacial score (nSPS) is 18.8. The third-order valence-corrected chi connectivity index (χ3v) is 5.87. The lowest BCUT2D eigenvalue weighted by molar-refractivity contribution is -0.137. The van der Waals surface area contributed by atoms with E-state index >= 15 is 0 Å². The largest absolute Gasteiger partial charge is 0.416 e. The number of hydrogen-bond donors (Lipinski definition) is 0. The van der Waals surface area contributed by atoms with E-state index in [1.165, 1.54) is 11.4 Å². The zero-order chi connectivity index (χ0) is 18.0. The summed E-state index contributed by atoms with van der Waals surface area (Å²) >= 11 is 0. The maximum atomic E-state index is 13.5. The van der Waals surface area contributed by atoms with Crippen LogP contribution in [0.2, 0.25) is 0 Å². The summed E-state index contributed by atoms with van der Waals surface area (Å²) in [6.45, 7) is -0.260. The molecular formula is C14H18F4N2O3S. The molecular weight excluding hydrogens is 352 g/mol. The van der Waals surface area contributed by atoms with E-state index in [0.717, 1.165) is 28.6 Å². The second-order valence-corrected chi connectivity index (χ2v) is 7.31. The van der Waals surface area contributed by atoms with Crippen molar-refractivity contribution >= 4 is 10.2 Å². The van der Waals surface area contributed by atoms with Crippen LogP contribution in [0.5, 0.6) is 0 Å². The van der Waals surface area contributed by atoms with Crippen molar-refractivity contribution in [3.8, 4) is 0 Å². The first kappa shape index (κ1) is 19.1. The Morgan fingerprint density at radius 3 is 2.21 bits per heavy atom. The molecule has 5 nitrogen and oxygen atoms in total. The summed E-state index contributed by atoms with van der Waals surface area (Å²) in [7, 11) is -2.72. The highest BCUT2D eigenvalue weighted by atomic mass is 32.2. The van der Waals surface area contributed by atoms with Gasteiger partial charge in [0.25, 0.3) is 10.2 Å². The van der Waals surface area contributed by atoms with Gasteiger partial charge in [-0.05, 0) is 17.7 Å². The molecule has 1 aliphatic rings. The molecule has 0 N–H and O–H groups in total. The maximum absolute atomic E-state index is 13.5. The third kappa shape index (κ3) is 4.05. The Bertz CT molecular complexity index is 643. The molecule has 1 fully saturated rings. The molecule has 1 atom stereocenters. The number of hydrogen-bond acceptors (Lipinski definition) is 3. The molecule has 0 amide bonds.